The molecule has 23 heavy (non-hydrogen) atoms. The standard InChI is InChI=1S/C14H24N2O7/c1-7(11(18)19)23-13(22)10(14(2,3)4)16-9(17)6-5-8(15)12(20)21/h7-8,10H,5-6,15H2,1-4H3,(H,16,17)(H,18,19)(H,20,21)/t7-,8-,10+/m0/s1. The van der Waals surface area contributed by atoms with Crippen molar-refractivity contribution in [2.75, 3.05) is 0 Å². The Kier molecular flexibility index (Phi) is 7.67. The van der Waals surface area contributed by atoms with Crippen molar-refractivity contribution >= 4 is 23.8 Å². The van der Waals surface area contributed by atoms with Crippen LogP contribution in [0.5, 0.6) is 0 Å². The molecule has 0 aliphatic heterocycles. The molecule has 5 N–H and O–H groups in total. The summed E-state index contributed by atoms with van der Waals surface area (Å²) in [4.78, 5) is 45.3. The van der Waals surface area contributed by atoms with Crippen molar-refractivity contribution in [2.45, 2.75) is 58.7 Å². The maximum atomic E-state index is 12.1. The summed E-state index contributed by atoms with van der Waals surface area (Å²) in [5.74, 6) is -3.96. The second-order valence-corrected chi connectivity index (χ2v) is 6.27. The van der Waals surface area contributed by atoms with Crippen LogP contribution < -0.4 is 11.1 Å². The molecule has 0 rings (SSSR count). The Bertz CT molecular complexity index is 470. The first-order chi connectivity index (χ1) is 10.4. The van der Waals surface area contributed by atoms with Gasteiger partial charge in [0.15, 0.2) is 6.10 Å². The van der Waals surface area contributed by atoms with Gasteiger partial charge < -0.3 is 26.0 Å². The molecule has 0 aromatic heterocycles. The molecule has 0 unspecified atom stereocenters. The number of nitrogens with one attached hydrogen (secondary N) is 1. The zero-order valence-corrected chi connectivity index (χ0v) is 13.7. The number of carboxylic acids is 2. The van der Waals surface area contributed by atoms with E-state index in [0.717, 1.165) is 0 Å². The predicted molar refractivity (Wildman–Crippen MR) is 79.4 cm³/mol. The molecule has 0 fully saturated rings. The molecule has 0 radical (unpaired) electrons. The Hall–Kier alpha value is -2.16. The predicted octanol–water partition coefficient (Wildman–Crippen LogP) is -0.274. The van der Waals surface area contributed by atoms with Crippen LogP contribution in [0.1, 0.15) is 40.5 Å². The number of aliphatic carboxylic acids is 2. The Morgan fingerprint density at radius 1 is 1.13 bits per heavy atom. The van der Waals surface area contributed by atoms with Crippen LogP contribution >= 0.6 is 0 Å². The van der Waals surface area contributed by atoms with E-state index in [1.807, 2.05) is 0 Å². The number of hydrogen-bond donors (Lipinski definition) is 4. The van der Waals surface area contributed by atoms with Crippen molar-refractivity contribution in [3.63, 3.8) is 0 Å². The molecule has 0 aliphatic carbocycles. The first-order valence-corrected chi connectivity index (χ1v) is 7.07. The van der Waals surface area contributed by atoms with Crippen LogP contribution in [0.4, 0.5) is 0 Å². The zero-order valence-electron chi connectivity index (χ0n) is 13.7. The number of carbonyl (C=O) groups is 4. The molecule has 0 saturated carbocycles. The average Bonchev–Trinajstić information content (AvgIpc) is 2.40. The molecule has 0 saturated heterocycles. The largest absolute Gasteiger partial charge is 0.480 e. The minimum Gasteiger partial charge on any atom is -0.480 e. The summed E-state index contributed by atoms with van der Waals surface area (Å²) in [5, 5.41) is 19.9. The number of amides is 1. The molecule has 0 heterocycles. The molecule has 1 amide bonds. The smallest absolute Gasteiger partial charge is 0.344 e. The van der Waals surface area contributed by atoms with Gasteiger partial charge in [-0.2, -0.15) is 0 Å². The molecule has 0 aliphatic rings. The molecular weight excluding hydrogens is 308 g/mol. The molecule has 9 heteroatoms. The average molecular weight is 332 g/mol. The van der Waals surface area contributed by atoms with E-state index in [1.165, 1.54) is 6.92 Å². The second-order valence-electron chi connectivity index (χ2n) is 6.27. The highest BCUT2D eigenvalue weighted by Crippen LogP contribution is 2.21. The van der Waals surface area contributed by atoms with E-state index in [1.54, 1.807) is 20.8 Å². The minimum atomic E-state index is -1.34. The number of esters is 1. The van der Waals surface area contributed by atoms with Crippen molar-refractivity contribution in [3.8, 4) is 0 Å². The first kappa shape index (κ1) is 20.8. The maximum absolute atomic E-state index is 12.1. The second kappa shape index (κ2) is 8.47. The molecule has 0 bridgehead atoms. The summed E-state index contributed by atoms with van der Waals surface area (Å²) in [6.45, 7) is 6.22. The maximum Gasteiger partial charge on any atom is 0.344 e. The Balaban J connectivity index is 4.81. The lowest BCUT2D eigenvalue weighted by Gasteiger charge is -2.30. The molecule has 0 spiro atoms. The van der Waals surface area contributed by atoms with Crippen LogP contribution in [0.15, 0.2) is 0 Å². The van der Waals surface area contributed by atoms with Gasteiger partial charge in [0.1, 0.15) is 12.1 Å². The summed E-state index contributed by atoms with van der Waals surface area (Å²) in [7, 11) is 0. The van der Waals surface area contributed by atoms with Crippen LogP contribution in [0.25, 0.3) is 0 Å². The Labute approximate surface area is 134 Å². The van der Waals surface area contributed by atoms with Gasteiger partial charge in [-0.3, -0.25) is 9.59 Å². The van der Waals surface area contributed by atoms with Crippen molar-refractivity contribution in [2.24, 2.45) is 11.1 Å². The highest BCUT2D eigenvalue weighted by Gasteiger charge is 2.35. The van der Waals surface area contributed by atoms with Crippen LogP contribution in [-0.2, 0) is 23.9 Å². The molecular formula is C14H24N2O7. The third kappa shape index (κ3) is 7.59. The van der Waals surface area contributed by atoms with Crippen molar-refractivity contribution in [3.05, 3.63) is 0 Å². The highest BCUT2D eigenvalue weighted by atomic mass is 16.6. The quantitative estimate of drug-likeness (QED) is 0.442. The molecule has 0 aromatic rings. The number of carbonyl (C=O) groups excluding carboxylic acids is 2. The lowest BCUT2D eigenvalue weighted by molar-refractivity contribution is -0.166. The van der Waals surface area contributed by atoms with Gasteiger partial charge in [-0.05, 0) is 18.8 Å². The van der Waals surface area contributed by atoms with E-state index < -0.39 is 47.4 Å². The Morgan fingerprint density at radius 3 is 2.04 bits per heavy atom. The fraction of sp³-hybridized carbons (Fsp3) is 0.714. The normalized spacial score (nSPS) is 15.2. The van der Waals surface area contributed by atoms with Crippen LogP contribution in [0, 0.1) is 5.41 Å². The van der Waals surface area contributed by atoms with E-state index in [4.69, 9.17) is 20.7 Å². The van der Waals surface area contributed by atoms with Crippen molar-refractivity contribution in [1.29, 1.82) is 0 Å². The topological polar surface area (TPSA) is 156 Å². The van der Waals surface area contributed by atoms with Gasteiger partial charge >= 0.3 is 17.9 Å². The molecule has 132 valence electrons. The highest BCUT2D eigenvalue weighted by molar-refractivity contribution is 5.87. The molecule has 3 atom stereocenters. The van der Waals surface area contributed by atoms with Crippen LogP contribution in [0.2, 0.25) is 0 Å². The minimum absolute atomic E-state index is 0.0847. The van der Waals surface area contributed by atoms with E-state index in [9.17, 15) is 19.2 Å². The number of carboxylic acid groups (broad SMARTS) is 2. The lowest BCUT2D eigenvalue weighted by Crippen LogP contribution is -2.51. The van der Waals surface area contributed by atoms with Gasteiger partial charge in [0.2, 0.25) is 5.91 Å². The lowest BCUT2D eigenvalue weighted by atomic mass is 9.86. The third-order valence-corrected chi connectivity index (χ3v) is 3.05. The number of nitrogens with two attached hydrogens (primary N) is 1. The summed E-state index contributed by atoms with van der Waals surface area (Å²) in [5.41, 5.74) is 4.58. The van der Waals surface area contributed by atoms with E-state index in [-0.39, 0.29) is 12.8 Å². The number of rotatable bonds is 8. The van der Waals surface area contributed by atoms with Crippen molar-refractivity contribution in [1.82, 2.24) is 5.32 Å². The van der Waals surface area contributed by atoms with Crippen LogP contribution in [-0.4, -0.2) is 52.2 Å². The SMILES string of the molecule is C[C@H](OC(=O)[C@@H](NC(=O)CC[C@H](N)C(=O)O)C(C)(C)C)C(=O)O. The number of ether oxygens (including phenoxy) is 1. The summed E-state index contributed by atoms with van der Waals surface area (Å²) in [6.07, 6.45) is -1.61. The molecule has 9 nitrogen and oxygen atoms in total. The van der Waals surface area contributed by atoms with Crippen LogP contribution in [0.3, 0.4) is 0 Å². The van der Waals surface area contributed by atoms with Crippen molar-refractivity contribution < 1.29 is 34.1 Å². The van der Waals surface area contributed by atoms with Gasteiger partial charge in [-0.25, -0.2) is 9.59 Å². The van der Waals surface area contributed by atoms with Gasteiger partial charge in [-0.15, -0.1) is 0 Å². The Morgan fingerprint density at radius 2 is 1.65 bits per heavy atom. The van der Waals surface area contributed by atoms with E-state index in [0.29, 0.717) is 0 Å². The van der Waals surface area contributed by atoms with Gasteiger partial charge in [0.05, 0.1) is 0 Å². The zero-order chi connectivity index (χ0) is 18.4. The van der Waals surface area contributed by atoms with Gasteiger partial charge in [-0.1, -0.05) is 20.8 Å². The molecule has 0 aromatic carbocycles. The van der Waals surface area contributed by atoms with E-state index >= 15 is 0 Å². The fourth-order valence-electron chi connectivity index (χ4n) is 1.56. The summed E-state index contributed by atoms with van der Waals surface area (Å²) in [6, 6.07) is -2.24. The monoisotopic (exact) mass is 332 g/mol. The third-order valence-electron chi connectivity index (χ3n) is 3.05. The number of hydrogen-bond acceptors (Lipinski definition) is 6. The fourth-order valence-corrected chi connectivity index (χ4v) is 1.56. The first-order valence-electron chi connectivity index (χ1n) is 7.07. The van der Waals surface area contributed by atoms with Gasteiger partial charge in [0, 0.05) is 6.42 Å². The van der Waals surface area contributed by atoms with Gasteiger partial charge in [0.25, 0.3) is 0 Å². The summed E-state index contributed by atoms with van der Waals surface area (Å²) >= 11 is 0. The van der Waals surface area contributed by atoms with E-state index in [2.05, 4.69) is 5.32 Å². The summed E-state index contributed by atoms with van der Waals surface area (Å²) < 4.78 is 4.79.